The molecule has 4 heterocycles. The minimum absolute atomic E-state index is 0.251. The molecule has 0 saturated heterocycles. The van der Waals surface area contributed by atoms with Crippen LogP contribution in [0, 0.1) is 0 Å². The largest absolute Gasteiger partial charge is 0.368 e. The Morgan fingerprint density at radius 1 is 1.05 bits per heavy atom. The number of nitrogens with one attached hydrogen (secondary N) is 2. The second kappa shape index (κ2) is 4.41. The highest BCUT2D eigenvalue weighted by Crippen LogP contribution is 2.29. The van der Waals surface area contributed by atoms with E-state index in [1.807, 2.05) is 24.7 Å². The highest BCUT2D eigenvalue weighted by atomic mass is 15.1. The van der Waals surface area contributed by atoms with Crippen LogP contribution in [0.4, 0.5) is 5.95 Å². The Balaban J connectivity index is 1.92. The van der Waals surface area contributed by atoms with E-state index in [2.05, 4.69) is 36.2 Å². The maximum absolute atomic E-state index is 5.66. The first-order valence-corrected chi connectivity index (χ1v) is 6.36. The molecule has 0 fully saturated rings. The van der Waals surface area contributed by atoms with Crippen LogP contribution in [0.25, 0.3) is 33.4 Å². The molecular weight excluding hydrogens is 266 g/mol. The number of nitrogen functional groups attached to an aromatic ring is 1. The van der Waals surface area contributed by atoms with E-state index < -0.39 is 0 Å². The molecule has 0 atom stereocenters. The van der Waals surface area contributed by atoms with Crippen molar-refractivity contribution in [3.05, 3.63) is 43.1 Å². The van der Waals surface area contributed by atoms with Crippen LogP contribution in [0.3, 0.4) is 0 Å². The molecule has 4 N–H and O–H groups in total. The summed E-state index contributed by atoms with van der Waals surface area (Å²) in [7, 11) is 0. The number of pyridine rings is 1. The Morgan fingerprint density at radius 3 is 2.81 bits per heavy atom. The Kier molecular flexibility index (Phi) is 2.43. The van der Waals surface area contributed by atoms with Crippen LogP contribution in [0.15, 0.2) is 43.1 Å². The van der Waals surface area contributed by atoms with Crippen molar-refractivity contribution in [2.45, 2.75) is 0 Å². The van der Waals surface area contributed by atoms with Gasteiger partial charge in [0.15, 0.2) is 0 Å². The molecule has 4 aromatic rings. The highest BCUT2D eigenvalue weighted by molar-refractivity contribution is 5.94. The van der Waals surface area contributed by atoms with Crippen molar-refractivity contribution in [3.8, 4) is 22.4 Å². The molecular formula is C14H11N7. The van der Waals surface area contributed by atoms with Crippen LogP contribution in [0.5, 0.6) is 0 Å². The lowest BCUT2D eigenvalue weighted by Crippen LogP contribution is -1.94. The summed E-state index contributed by atoms with van der Waals surface area (Å²) in [6, 6.07) is 3.88. The van der Waals surface area contributed by atoms with Gasteiger partial charge in [-0.25, -0.2) is 15.0 Å². The number of hydrogen-bond acceptors (Lipinski definition) is 5. The van der Waals surface area contributed by atoms with Crippen molar-refractivity contribution in [2.24, 2.45) is 0 Å². The van der Waals surface area contributed by atoms with Gasteiger partial charge in [-0.3, -0.25) is 5.10 Å². The number of aromatic amines is 2. The Morgan fingerprint density at radius 2 is 2.00 bits per heavy atom. The molecule has 0 saturated carbocycles. The van der Waals surface area contributed by atoms with Gasteiger partial charge in [0, 0.05) is 46.9 Å². The van der Waals surface area contributed by atoms with E-state index in [0.717, 1.165) is 33.4 Å². The van der Waals surface area contributed by atoms with Gasteiger partial charge in [-0.05, 0) is 12.1 Å². The van der Waals surface area contributed by atoms with Crippen molar-refractivity contribution < 1.29 is 0 Å². The monoisotopic (exact) mass is 277 g/mol. The lowest BCUT2D eigenvalue weighted by atomic mass is 10.1. The molecule has 0 bridgehead atoms. The van der Waals surface area contributed by atoms with Gasteiger partial charge in [0.1, 0.15) is 5.65 Å². The third kappa shape index (κ3) is 1.91. The lowest BCUT2D eigenvalue weighted by molar-refractivity contribution is 1.09. The zero-order chi connectivity index (χ0) is 14.2. The zero-order valence-corrected chi connectivity index (χ0v) is 10.9. The summed E-state index contributed by atoms with van der Waals surface area (Å²) < 4.78 is 0. The van der Waals surface area contributed by atoms with E-state index >= 15 is 0 Å². The van der Waals surface area contributed by atoms with Crippen LogP contribution in [-0.2, 0) is 0 Å². The van der Waals surface area contributed by atoms with Crippen molar-refractivity contribution in [3.63, 3.8) is 0 Å². The molecule has 0 amide bonds. The molecule has 0 spiro atoms. The zero-order valence-electron chi connectivity index (χ0n) is 10.9. The summed E-state index contributed by atoms with van der Waals surface area (Å²) >= 11 is 0. The summed E-state index contributed by atoms with van der Waals surface area (Å²) in [6.07, 6.45) is 8.92. The molecule has 21 heavy (non-hydrogen) atoms. The first-order chi connectivity index (χ1) is 10.3. The van der Waals surface area contributed by atoms with Crippen molar-refractivity contribution in [1.82, 2.24) is 30.1 Å². The van der Waals surface area contributed by atoms with Crippen molar-refractivity contribution >= 4 is 17.0 Å². The van der Waals surface area contributed by atoms with E-state index in [-0.39, 0.29) is 5.95 Å². The van der Waals surface area contributed by atoms with Crippen LogP contribution < -0.4 is 5.73 Å². The Labute approximate surface area is 119 Å². The van der Waals surface area contributed by atoms with E-state index in [9.17, 15) is 0 Å². The molecule has 7 nitrogen and oxygen atoms in total. The van der Waals surface area contributed by atoms with Gasteiger partial charge in [0.05, 0.1) is 11.9 Å². The summed E-state index contributed by atoms with van der Waals surface area (Å²) in [4.78, 5) is 15.8. The van der Waals surface area contributed by atoms with Crippen molar-refractivity contribution in [1.29, 1.82) is 0 Å². The molecule has 0 aliphatic carbocycles. The van der Waals surface area contributed by atoms with Crippen LogP contribution in [-0.4, -0.2) is 30.1 Å². The second-order valence-corrected chi connectivity index (χ2v) is 4.61. The smallest absolute Gasteiger partial charge is 0.220 e. The predicted octanol–water partition coefficient (Wildman–Crippen LogP) is 1.99. The fourth-order valence-electron chi connectivity index (χ4n) is 2.31. The van der Waals surface area contributed by atoms with Gasteiger partial charge < -0.3 is 10.7 Å². The average molecular weight is 277 g/mol. The molecule has 0 aromatic carbocycles. The predicted molar refractivity (Wildman–Crippen MR) is 79.1 cm³/mol. The normalized spacial score (nSPS) is 11.0. The summed E-state index contributed by atoms with van der Waals surface area (Å²) in [6.45, 7) is 0. The number of anilines is 1. The highest BCUT2D eigenvalue weighted by Gasteiger charge is 2.10. The molecule has 4 rings (SSSR count). The molecule has 0 aliphatic heterocycles. The molecule has 0 aliphatic rings. The summed E-state index contributed by atoms with van der Waals surface area (Å²) in [5.74, 6) is 0.251. The minimum atomic E-state index is 0.251. The van der Waals surface area contributed by atoms with E-state index in [0.29, 0.717) is 0 Å². The number of hydrogen-bond donors (Lipinski definition) is 3. The second-order valence-electron chi connectivity index (χ2n) is 4.61. The lowest BCUT2D eigenvalue weighted by Gasteiger charge is -2.01. The van der Waals surface area contributed by atoms with Gasteiger partial charge in [-0.2, -0.15) is 5.10 Å². The van der Waals surface area contributed by atoms with Gasteiger partial charge in [0.25, 0.3) is 0 Å². The molecule has 102 valence electrons. The van der Waals surface area contributed by atoms with Gasteiger partial charge in [-0.15, -0.1) is 0 Å². The van der Waals surface area contributed by atoms with Gasteiger partial charge in [-0.1, -0.05) is 0 Å². The maximum atomic E-state index is 5.66. The number of nitrogens with zero attached hydrogens (tertiary/aromatic N) is 4. The fraction of sp³-hybridized carbons (Fsp3) is 0. The van der Waals surface area contributed by atoms with Crippen LogP contribution >= 0.6 is 0 Å². The standard InChI is InChI=1S/C14H11N7/c15-14-16-2-1-12(21-14)11-7-18-13-10(11)3-8(4-17-13)9-5-19-20-6-9/h1-7H,(H,17,18)(H,19,20)(H2,15,16,21). The number of fused-ring (bicyclic) bond motifs is 1. The van der Waals surface area contributed by atoms with Gasteiger partial charge >= 0.3 is 0 Å². The minimum Gasteiger partial charge on any atom is -0.368 e. The maximum Gasteiger partial charge on any atom is 0.220 e. The van der Waals surface area contributed by atoms with E-state index in [4.69, 9.17) is 5.73 Å². The third-order valence-electron chi connectivity index (χ3n) is 3.31. The fourth-order valence-corrected chi connectivity index (χ4v) is 2.31. The quantitative estimate of drug-likeness (QED) is 0.519. The van der Waals surface area contributed by atoms with Crippen LogP contribution in [0.1, 0.15) is 0 Å². The number of H-pyrrole nitrogens is 2. The Bertz CT molecular complexity index is 908. The summed E-state index contributed by atoms with van der Waals surface area (Å²) in [5.41, 5.74) is 10.1. The molecule has 0 unspecified atom stereocenters. The molecule has 0 radical (unpaired) electrons. The first-order valence-electron chi connectivity index (χ1n) is 6.36. The van der Waals surface area contributed by atoms with E-state index in [1.165, 1.54) is 0 Å². The molecule has 4 aromatic heterocycles. The van der Waals surface area contributed by atoms with Gasteiger partial charge in [0.2, 0.25) is 5.95 Å². The average Bonchev–Trinajstić information content (AvgIpc) is 3.16. The Hall–Kier alpha value is -3.22. The SMILES string of the molecule is Nc1nccc(-c2c[nH]c3ncc(-c4cn[nH]c4)cc23)n1. The van der Waals surface area contributed by atoms with Crippen LogP contribution in [0.2, 0.25) is 0 Å². The number of aromatic nitrogens is 6. The third-order valence-corrected chi connectivity index (χ3v) is 3.31. The number of nitrogens with two attached hydrogens (primary N) is 1. The first kappa shape index (κ1) is 11.6. The molecule has 7 heteroatoms. The topological polar surface area (TPSA) is 109 Å². The van der Waals surface area contributed by atoms with Crippen molar-refractivity contribution in [2.75, 3.05) is 5.73 Å². The number of rotatable bonds is 2. The summed E-state index contributed by atoms with van der Waals surface area (Å²) in [5, 5.41) is 7.74. The van der Waals surface area contributed by atoms with E-state index in [1.54, 1.807) is 12.4 Å².